The van der Waals surface area contributed by atoms with Gasteiger partial charge >= 0.3 is 0 Å². The Labute approximate surface area is 249 Å². The molecule has 0 unspecified atom stereocenters. The van der Waals surface area contributed by atoms with E-state index in [1.807, 2.05) is 60.7 Å². The number of para-hydroxylation sites is 1. The Kier molecular flexibility index (Phi) is 11.6. The third kappa shape index (κ3) is 8.78. The molecule has 4 heterocycles. The van der Waals surface area contributed by atoms with Gasteiger partial charge in [-0.05, 0) is 76.6 Å². The van der Waals surface area contributed by atoms with Gasteiger partial charge < -0.3 is 25.6 Å². The highest BCUT2D eigenvalue weighted by atomic mass is 16.2. The van der Waals surface area contributed by atoms with Crippen LogP contribution >= 0.6 is 0 Å². The van der Waals surface area contributed by atoms with Crippen molar-refractivity contribution in [2.24, 2.45) is 5.84 Å². The van der Waals surface area contributed by atoms with Crippen LogP contribution in [0.3, 0.4) is 0 Å². The molecule has 4 atom stereocenters. The van der Waals surface area contributed by atoms with Gasteiger partial charge in [-0.1, -0.05) is 48.5 Å². The Hall–Kier alpha value is -3.44. The fourth-order valence-corrected chi connectivity index (χ4v) is 5.80. The number of hydrazine groups is 1. The first-order valence-corrected chi connectivity index (χ1v) is 15.1. The fourth-order valence-electron chi connectivity index (χ4n) is 5.80. The summed E-state index contributed by atoms with van der Waals surface area (Å²) in [5, 5.41) is 10.7. The third-order valence-electron chi connectivity index (χ3n) is 8.10. The van der Waals surface area contributed by atoms with Crippen molar-refractivity contribution in [2.45, 2.75) is 75.5 Å². The molecule has 2 amide bonds. The minimum absolute atomic E-state index is 0.0787. The van der Waals surface area contributed by atoms with E-state index in [2.05, 4.69) is 16.0 Å². The van der Waals surface area contributed by atoms with Crippen LogP contribution in [0.2, 0.25) is 0 Å². The largest absolute Gasteiger partial charge is 0.329 e. The van der Waals surface area contributed by atoms with E-state index in [0.29, 0.717) is 6.54 Å². The molecule has 0 radical (unpaired) electrons. The van der Waals surface area contributed by atoms with Crippen molar-refractivity contribution >= 4 is 29.5 Å². The first kappa shape index (κ1) is 30.0. The van der Waals surface area contributed by atoms with Crippen LogP contribution in [0.1, 0.15) is 63.1 Å². The van der Waals surface area contributed by atoms with Crippen LogP contribution in [0, 0.1) is 0 Å². The van der Waals surface area contributed by atoms with Crippen LogP contribution in [0.4, 0.5) is 5.69 Å². The summed E-state index contributed by atoms with van der Waals surface area (Å²) in [5.74, 6) is 5.88. The summed E-state index contributed by atoms with van der Waals surface area (Å²) in [4.78, 5) is 48.9. The van der Waals surface area contributed by atoms with E-state index in [1.54, 1.807) is 9.91 Å². The number of nitrogens with zero attached hydrogens (tertiary/aromatic N) is 2. The van der Waals surface area contributed by atoms with Crippen molar-refractivity contribution in [3.05, 3.63) is 66.2 Å². The highest BCUT2D eigenvalue weighted by Gasteiger charge is 2.37. The number of nitrogens with two attached hydrogens (primary N) is 1. The number of hydrogen-bond acceptors (Lipinski definition) is 8. The molecule has 2 aromatic carbocycles. The highest BCUT2D eigenvalue weighted by molar-refractivity contribution is 6.00. The number of Topliss-reactive ketones (excluding diaryl/α,β-unsaturated/α-hetero) is 1. The number of carbonyl (C=O) groups is 4. The van der Waals surface area contributed by atoms with Crippen molar-refractivity contribution in [2.75, 3.05) is 31.5 Å². The van der Waals surface area contributed by atoms with Crippen LogP contribution in [0.25, 0.3) is 0 Å². The third-order valence-corrected chi connectivity index (χ3v) is 8.10. The second-order valence-electron chi connectivity index (χ2n) is 11.1. The van der Waals surface area contributed by atoms with Crippen LogP contribution in [0.5, 0.6) is 0 Å². The van der Waals surface area contributed by atoms with Crippen LogP contribution in [0.15, 0.2) is 60.7 Å². The summed E-state index contributed by atoms with van der Waals surface area (Å²) < 4.78 is 6.67. The van der Waals surface area contributed by atoms with E-state index in [0.717, 1.165) is 82.3 Å². The number of benzene rings is 2. The molecule has 4 aliphatic heterocycles. The number of carbonyl (C=O) groups excluding carboxylic acids is 4. The zero-order valence-electron chi connectivity index (χ0n) is 25.2. The molecule has 0 bridgehead atoms. The maximum Gasteiger partial charge on any atom is 0.247 e. The van der Waals surface area contributed by atoms with Crippen molar-refractivity contribution in [1.29, 1.82) is 0 Å². The number of nitrogens with one attached hydrogen (secondary N) is 3. The Balaban J connectivity index is 0.000000165. The molecule has 0 saturated carbocycles. The van der Waals surface area contributed by atoms with Gasteiger partial charge in [0, 0.05) is 24.3 Å². The van der Waals surface area contributed by atoms with E-state index in [-0.39, 0.29) is 41.8 Å². The topological polar surface area (TPSA) is 137 Å². The van der Waals surface area contributed by atoms with Crippen LogP contribution < -0.4 is 21.8 Å². The summed E-state index contributed by atoms with van der Waals surface area (Å²) in [5.41, 5.74) is 1.54. The number of amides is 2. The summed E-state index contributed by atoms with van der Waals surface area (Å²) in [7, 11) is 0. The van der Waals surface area contributed by atoms with E-state index >= 15 is 0 Å². The second-order valence-corrected chi connectivity index (χ2v) is 11.1. The SMILES string of the molecule is NN1CCC[C@H]1C(=O)c1ccccc1.O=C(Nc1ccccc1)[C@H]1CCCN1C(=O)[C@@H]1CCCN1.[2H]C(=O)[C@@H]1CCCN1. The Morgan fingerprint density at radius 3 is 2.05 bits per heavy atom. The smallest absolute Gasteiger partial charge is 0.247 e. The monoisotopic (exact) mass is 577 g/mol. The van der Waals surface area contributed by atoms with E-state index in [4.69, 9.17) is 7.21 Å². The molecular weight excluding hydrogens is 532 g/mol. The molecule has 4 fully saturated rings. The van der Waals surface area contributed by atoms with Gasteiger partial charge in [0.25, 0.3) is 0 Å². The lowest BCUT2D eigenvalue weighted by Gasteiger charge is -2.26. The lowest BCUT2D eigenvalue weighted by atomic mass is 10.0. The number of likely N-dealkylation sites (tertiary alicyclic amines) is 1. The Bertz CT molecular complexity index is 1200. The maximum atomic E-state index is 12.5. The number of hydrogen-bond donors (Lipinski definition) is 4. The van der Waals surface area contributed by atoms with Gasteiger partial charge in [0.15, 0.2) is 5.78 Å². The number of ketones is 1. The molecule has 5 N–H and O–H groups in total. The minimum atomic E-state index is -0.470. The van der Waals surface area contributed by atoms with Gasteiger partial charge in [0.05, 0.1) is 18.1 Å². The molecule has 226 valence electrons. The minimum Gasteiger partial charge on any atom is -0.329 e. The molecule has 4 aliphatic rings. The Morgan fingerprint density at radius 1 is 0.833 bits per heavy atom. The summed E-state index contributed by atoms with van der Waals surface area (Å²) >= 11 is 0. The van der Waals surface area contributed by atoms with E-state index in [9.17, 15) is 19.2 Å². The zero-order chi connectivity index (χ0) is 30.6. The van der Waals surface area contributed by atoms with Crippen molar-refractivity contribution in [3.63, 3.8) is 0 Å². The second kappa shape index (κ2) is 16.3. The average molecular weight is 578 g/mol. The average Bonchev–Trinajstić information content (AvgIpc) is 3.86. The van der Waals surface area contributed by atoms with Crippen molar-refractivity contribution in [3.8, 4) is 0 Å². The lowest BCUT2D eigenvalue weighted by Crippen LogP contribution is -2.49. The van der Waals surface area contributed by atoms with Gasteiger partial charge in [0.1, 0.15) is 13.7 Å². The normalized spacial score (nSPS) is 25.5. The number of rotatable bonds is 6. The first-order valence-electron chi connectivity index (χ1n) is 15.6. The van der Waals surface area contributed by atoms with E-state index in [1.165, 1.54) is 0 Å². The molecule has 2 aromatic rings. The Morgan fingerprint density at radius 2 is 1.48 bits per heavy atom. The molecule has 42 heavy (non-hydrogen) atoms. The van der Waals surface area contributed by atoms with Gasteiger partial charge in [-0.15, -0.1) is 0 Å². The number of aldehydes is 1. The zero-order valence-corrected chi connectivity index (χ0v) is 24.2. The van der Waals surface area contributed by atoms with Gasteiger partial charge in [-0.25, -0.2) is 5.01 Å². The van der Waals surface area contributed by atoms with Crippen LogP contribution in [-0.4, -0.2) is 84.1 Å². The highest BCUT2D eigenvalue weighted by Crippen LogP contribution is 2.22. The summed E-state index contributed by atoms with van der Waals surface area (Å²) in [6.07, 6.45) is 6.86. The van der Waals surface area contributed by atoms with Gasteiger partial charge in [0.2, 0.25) is 11.8 Å². The molecule has 10 nitrogen and oxygen atoms in total. The molecule has 10 heteroatoms. The van der Waals surface area contributed by atoms with Gasteiger partial charge in [-0.2, -0.15) is 0 Å². The quantitative estimate of drug-likeness (QED) is 0.234. The fraction of sp³-hybridized carbons (Fsp3) is 0.500. The standard InChI is InChI=1S/C16H21N3O2.C11H14N2O.C5H9NO/c20-15(18-12-6-2-1-3-7-12)14-9-5-11-19(14)16(21)13-8-4-10-17-13;12-13-8-4-7-10(13)11(14)9-5-2-1-3-6-9;7-4-5-2-1-3-6-5/h1-3,6-7,13-14,17H,4-5,8-11H2,(H,18,20);1-3,5-6,10H,4,7-8,12H2;4-6H,1-3H2/t13-,14+;10-;5-/m000/s1/i;;4D. The summed E-state index contributed by atoms with van der Waals surface area (Å²) in [6.45, 7) is 3.30. The van der Waals surface area contributed by atoms with E-state index < -0.39 is 6.26 Å². The van der Waals surface area contributed by atoms with Crippen LogP contribution in [-0.2, 0) is 14.4 Å². The molecule has 0 aromatic heterocycles. The summed E-state index contributed by atoms with van der Waals surface area (Å²) in [6, 6.07) is 18.0. The van der Waals surface area contributed by atoms with Crippen molar-refractivity contribution in [1.82, 2.24) is 20.5 Å². The molecule has 4 saturated heterocycles. The number of anilines is 1. The predicted molar refractivity (Wildman–Crippen MR) is 163 cm³/mol. The maximum absolute atomic E-state index is 12.5. The molecule has 0 aliphatic carbocycles. The van der Waals surface area contributed by atoms with Crippen molar-refractivity contribution < 1.29 is 20.5 Å². The first-order chi connectivity index (χ1) is 20.8. The lowest BCUT2D eigenvalue weighted by molar-refractivity contribution is -0.138. The van der Waals surface area contributed by atoms with Gasteiger partial charge in [-0.3, -0.25) is 20.2 Å². The predicted octanol–water partition coefficient (Wildman–Crippen LogP) is 2.51. The molecule has 6 rings (SSSR count). The molecule has 0 spiro atoms. The molecular formula is C32H44N6O4.